The number of ether oxygens (including phenoxy) is 2. The number of benzene rings is 2. The number of halogens is 2. The Morgan fingerprint density at radius 1 is 1.19 bits per heavy atom. The molecule has 1 heterocycles. The highest BCUT2D eigenvalue weighted by Crippen LogP contribution is 2.38. The Balaban J connectivity index is 2.41. The van der Waals surface area contributed by atoms with Crippen LogP contribution in [0.1, 0.15) is 18.2 Å². The first-order chi connectivity index (χ1) is 12.5. The SMILES string of the molecule is CCOC(=O)C(OC)(c1ccccc1)c1nc(Cl)nc2ccc(I)cc12. The summed E-state index contributed by atoms with van der Waals surface area (Å²) in [6, 6.07) is 14.8. The summed E-state index contributed by atoms with van der Waals surface area (Å²) < 4.78 is 12.1. The van der Waals surface area contributed by atoms with Gasteiger partial charge in [0.25, 0.3) is 0 Å². The number of rotatable bonds is 5. The molecule has 0 saturated carbocycles. The van der Waals surface area contributed by atoms with Gasteiger partial charge in [-0.3, -0.25) is 0 Å². The van der Waals surface area contributed by atoms with Crippen molar-refractivity contribution in [3.8, 4) is 0 Å². The lowest BCUT2D eigenvalue weighted by Gasteiger charge is -2.30. The van der Waals surface area contributed by atoms with Crippen LogP contribution in [0.5, 0.6) is 0 Å². The molecule has 26 heavy (non-hydrogen) atoms. The molecule has 0 bridgehead atoms. The first kappa shape index (κ1) is 19.0. The Hall–Kier alpha value is -1.77. The quantitative estimate of drug-likeness (QED) is 0.308. The van der Waals surface area contributed by atoms with Crippen molar-refractivity contribution in [2.75, 3.05) is 13.7 Å². The summed E-state index contributed by atoms with van der Waals surface area (Å²) in [6.07, 6.45) is 0. The monoisotopic (exact) mass is 482 g/mol. The average Bonchev–Trinajstić information content (AvgIpc) is 2.64. The molecule has 7 heteroatoms. The maximum absolute atomic E-state index is 13.1. The molecule has 0 aliphatic carbocycles. The van der Waals surface area contributed by atoms with E-state index in [9.17, 15) is 4.79 Å². The van der Waals surface area contributed by atoms with Crippen LogP contribution in [-0.2, 0) is 19.9 Å². The van der Waals surface area contributed by atoms with Crippen molar-refractivity contribution in [2.45, 2.75) is 12.5 Å². The van der Waals surface area contributed by atoms with Gasteiger partial charge in [0.2, 0.25) is 10.9 Å². The highest BCUT2D eigenvalue weighted by molar-refractivity contribution is 14.1. The van der Waals surface area contributed by atoms with E-state index in [-0.39, 0.29) is 11.9 Å². The van der Waals surface area contributed by atoms with Crippen molar-refractivity contribution in [1.29, 1.82) is 0 Å². The van der Waals surface area contributed by atoms with Crippen LogP contribution in [0.25, 0.3) is 10.9 Å². The predicted molar refractivity (Wildman–Crippen MR) is 108 cm³/mol. The van der Waals surface area contributed by atoms with E-state index < -0.39 is 11.6 Å². The Bertz CT molecular complexity index is 952. The maximum Gasteiger partial charge on any atom is 0.349 e. The van der Waals surface area contributed by atoms with E-state index in [0.717, 1.165) is 3.57 Å². The minimum atomic E-state index is -1.55. The molecule has 0 fully saturated rings. The zero-order valence-electron chi connectivity index (χ0n) is 14.2. The van der Waals surface area contributed by atoms with Crippen LogP contribution < -0.4 is 0 Å². The van der Waals surface area contributed by atoms with Crippen LogP contribution in [0.3, 0.4) is 0 Å². The lowest BCUT2D eigenvalue weighted by atomic mass is 9.87. The van der Waals surface area contributed by atoms with Gasteiger partial charge < -0.3 is 9.47 Å². The number of fused-ring (bicyclic) bond motifs is 1. The van der Waals surface area contributed by atoms with E-state index in [0.29, 0.717) is 22.2 Å². The fourth-order valence-corrected chi connectivity index (χ4v) is 3.56. The number of nitrogens with zero attached hydrogens (tertiary/aromatic N) is 2. The summed E-state index contributed by atoms with van der Waals surface area (Å²) in [4.78, 5) is 21.7. The van der Waals surface area contributed by atoms with Crippen molar-refractivity contribution in [1.82, 2.24) is 9.97 Å². The van der Waals surface area contributed by atoms with Crippen molar-refractivity contribution in [3.63, 3.8) is 0 Å². The van der Waals surface area contributed by atoms with Gasteiger partial charge in [-0.1, -0.05) is 30.3 Å². The molecule has 3 aromatic rings. The van der Waals surface area contributed by atoms with E-state index in [2.05, 4.69) is 32.6 Å². The van der Waals surface area contributed by atoms with Crippen LogP contribution in [0, 0.1) is 3.57 Å². The summed E-state index contributed by atoms with van der Waals surface area (Å²) in [6.45, 7) is 1.96. The number of methoxy groups -OCH3 is 1. The van der Waals surface area contributed by atoms with E-state index in [1.54, 1.807) is 19.1 Å². The minimum Gasteiger partial charge on any atom is -0.463 e. The first-order valence-electron chi connectivity index (χ1n) is 7.94. The Morgan fingerprint density at radius 2 is 1.92 bits per heavy atom. The molecule has 0 N–H and O–H groups in total. The van der Waals surface area contributed by atoms with Crippen LogP contribution in [-0.4, -0.2) is 29.7 Å². The number of hydrogen-bond donors (Lipinski definition) is 0. The molecule has 2 aromatic carbocycles. The third-order valence-electron chi connectivity index (χ3n) is 4.01. The third kappa shape index (κ3) is 3.28. The van der Waals surface area contributed by atoms with Crippen LogP contribution >= 0.6 is 34.2 Å². The summed E-state index contributed by atoms with van der Waals surface area (Å²) in [5, 5.41) is 0.718. The molecular formula is C19H16ClIN2O3. The molecule has 0 spiro atoms. The molecule has 0 amide bonds. The number of aromatic nitrogens is 2. The van der Waals surface area contributed by atoms with Crippen LogP contribution in [0.4, 0.5) is 0 Å². The van der Waals surface area contributed by atoms with E-state index in [1.165, 1.54) is 7.11 Å². The summed E-state index contributed by atoms with van der Waals surface area (Å²) in [5.74, 6) is -0.552. The second-order valence-corrected chi connectivity index (χ2v) is 7.06. The van der Waals surface area contributed by atoms with Crippen LogP contribution in [0.2, 0.25) is 5.28 Å². The van der Waals surface area contributed by atoms with Gasteiger partial charge in [0.05, 0.1) is 12.1 Å². The topological polar surface area (TPSA) is 61.3 Å². The molecule has 0 aliphatic heterocycles. The van der Waals surface area contributed by atoms with E-state index in [4.69, 9.17) is 21.1 Å². The normalized spacial score (nSPS) is 13.4. The average molecular weight is 483 g/mol. The highest BCUT2D eigenvalue weighted by Gasteiger charge is 2.47. The summed E-state index contributed by atoms with van der Waals surface area (Å²) in [7, 11) is 1.46. The molecule has 0 aliphatic rings. The molecule has 1 unspecified atom stereocenters. The lowest BCUT2D eigenvalue weighted by molar-refractivity contribution is -0.165. The molecule has 0 radical (unpaired) electrons. The van der Waals surface area contributed by atoms with Gasteiger partial charge in [-0.25, -0.2) is 14.8 Å². The lowest BCUT2D eigenvalue weighted by Crippen LogP contribution is -2.41. The molecular weight excluding hydrogens is 467 g/mol. The third-order valence-corrected chi connectivity index (χ3v) is 4.85. The van der Waals surface area contributed by atoms with Crippen molar-refractivity contribution in [3.05, 3.63) is 68.6 Å². The van der Waals surface area contributed by atoms with E-state index >= 15 is 0 Å². The first-order valence-corrected chi connectivity index (χ1v) is 9.39. The van der Waals surface area contributed by atoms with Gasteiger partial charge >= 0.3 is 5.97 Å². The van der Waals surface area contributed by atoms with Crippen molar-refractivity contribution in [2.24, 2.45) is 0 Å². The molecule has 0 saturated heterocycles. The predicted octanol–water partition coefficient (Wildman–Crippen LogP) is 4.34. The molecule has 1 atom stereocenters. The Labute approximate surface area is 169 Å². The number of carbonyl (C=O) groups excluding carboxylic acids is 1. The summed E-state index contributed by atoms with van der Waals surface area (Å²) >= 11 is 8.36. The molecule has 1 aromatic heterocycles. The zero-order valence-corrected chi connectivity index (χ0v) is 17.1. The minimum absolute atomic E-state index is 0.0374. The Kier molecular flexibility index (Phi) is 5.74. The van der Waals surface area contributed by atoms with Crippen molar-refractivity contribution < 1.29 is 14.3 Å². The molecule has 3 rings (SSSR count). The fourth-order valence-electron chi connectivity index (χ4n) is 2.90. The second kappa shape index (κ2) is 7.85. The van der Waals surface area contributed by atoms with Crippen molar-refractivity contribution >= 4 is 51.1 Å². The molecule has 134 valence electrons. The summed E-state index contributed by atoms with van der Waals surface area (Å²) in [5.41, 5.74) is 0.0446. The van der Waals surface area contributed by atoms with Gasteiger partial charge in [-0.15, -0.1) is 0 Å². The fraction of sp³-hybridized carbons (Fsp3) is 0.211. The van der Waals surface area contributed by atoms with Gasteiger partial charge in [-0.2, -0.15) is 0 Å². The number of hydrogen-bond acceptors (Lipinski definition) is 5. The Morgan fingerprint density at radius 3 is 2.58 bits per heavy atom. The van der Waals surface area contributed by atoms with Gasteiger partial charge in [0.1, 0.15) is 5.69 Å². The smallest absolute Gasteiger partial charge is 0.349 e. The van der Waals surface area contributed by atoms with E-state index in [1.807, 2.05) is 36.4 Å². The van der Waals surface area contributed by atoms with Gasteiger partial charge in [0.15, 0.2) is 0 Å². The standard InChI is InChI=1S/C19H16ClIN2O3/c1-3-26-17(24)19(25-2,12-7-5-4-6-8-12)16-14-11-13(21)9-10-15(14)22-18(20)23-16/h4-11H,3H2,1-2H3. The second-order valence-electron chi connectivity index (χ2n) is 5.47. The highest BCUT2D eigenvalue weighted by atomic mass is 127. The van der Waals surface area contributed by atoms with Crippen LogP contribution in [0.15, 0.2) is 48.5 Å². The number of esters is 1. The van der Waals surface area contributed by atoms with Gasteiger partial charge in [0, 0.05) is 21.6 Å². The maximum atomic E-state index is 13.1. The van der Waals surface area contributed by atoms with Gasteiger partial charge in [-0.05, 0) is 59.3 Å². The largest absolute Gasteiger partial charge is 0.463 e. The zero-order chi connectivity index (χ0) is 18.7. The number of carbonyl (C=O) groups is 1. The molecule has 5 nitrogen and oxygen atoms in total.